The lowest BCUT2D eigenvalue weighted by atomic mass is 10.3. The molecule has 2 aromatic rings. The van der Waals surface area contributed by atoms with Crippen LogP contribution in [-0.4, -0.2) is 22.1 Å². The van der Waals surface area contributed by atoms with Gasteiger partial charge in [0, 0.05) is 18.2 Å². The van der Waals surface area contributed by atoms with Crippen molar-refractivity contribution >= 4 is 38.9 Å². The molecule has 0 saturated heterocycles. The number of aromatic nitrogens is 3. The Balaban J connectivity index is 2.28. The third-order valence-electron chi connectivity index (χ3n) is 2.18. The van der Waals surface area contributed by atoms with Gasteiger partial charge in [-0.25, -0.2) is 15.0 Å². The zero-order valence-corrected chi connectivity index (χ0v) is 13.1. The maximum absolute atomic E-state index is 6.06. The minimum atomic E-state index is 0.396. The molecule has 0 radical (unpaired) electrons. The molecule has 0 bridgehead atoms. The Morgan fingerprint density at radius 3 is 2.78 bits per heavy atom. The Bertz CT molecular complexity index is 561. The van der Waals surface area contributed by atoms with Gasteiger partial charge in [-0.05, 0) is 22.9 Å². The van der Waals surface area contributed by atoms with Gasteiger partial charge in [0.05, 0.1) is 23.2 Å². The molecule has 0 aliphatic carbocycles. The molecule has 4 nitrogen and oxygen atoms in total. The summed E-state index contributed by atoms with van der Waals surface area (Å²) in [5.74, 6) is 0.657. The maximum atomic E-state index is 6.06. The lowest BCUT2D eigenvalue weighted by molar-refractivity contribution is 0.180. The van der Waals surface area contributed by atoms with Crippen LogP contribution in [0.1, 0.15) is 22.2 Å². The molecule has 0 amide bonds. The van der Waals surface area contributed by atoms with Gasteiger partial charge < -0.3 is 4.74 Å². The van der Waals surface area contributed by atoms with Crippen LogP contribution in [0.4, 0.5) is 0 Å². The first kappa shape index (κ1) is 13.9. The number of hydrogen-bond donors (Lipinski definition) is 0. The second kappa shape index (κ2) is 6.06. The number of thiazole rings is 1. The summed E-state index contributed by atoms with van der Waals surface area (Å²) in [7, 11) is 1.62. The lowest BCUT2D eigenvalue weighted by Gasteiger charge is -2.06. The number of rotatable bonds is 4. The number of halogens is 2. The van der Waals surface area contributed by atoms with E-state index in [2.05, 4.69) is 30.9 Å². The van der Waals surface area contributed by atoms with E-state index >= 15 is 0 Å². The third kappa shape index (κ3) is 3.26. The molecular weight excluding hydrogens is 338 g/mol. The highest BCUT2D eigenvalue weighted by molar-refractivity contribution is 9.10. The van der Waals surface area contributed by atoms with Crippen molar-refractivity contribution in [3.63, 3.8) is 0 Å². The quantitative estimate of drug-likeness (QED) is 0.795. The van der Waals surface area contributed by atoms with Gasteiger partial charge in [0.2, 0.25) is 0 Å². The molecule has 0 saturated carbocycles. The van der Waals surface area contributed by atoms with Crippen molar-refractivity contribution in [3.05, 3.63) is 37.2 Å². The highest BCUT2D eigenvalue weighted by Crippen LogP contribution is 2.25. The fraction of sp³-hybridized carbons (Fsp3) is 0.364. The van der Waals surface area contributed by atoms with Crippen LogP contribution in [0.25, 0.3) is 0 Å². The topological polar surface area (TPSA) is 47.9 Å². The van der Waals surface area contributed by atoms with Crippen molar-refractivity contribution < 1.29 is 4.74 Å². The van der Waals surface area contributed by atoms with E-state index in [1.54, 1.807) is 18.4 Å². The minimum absolute atomic E-state index is 0.396. The molecule has 0 atom stereocenters. The van der Waals surface area contributed by atoms with Crippen LogP contribution in [0.3, 0.4) is 0 Å². The Kier molecular flexibility index (Phi) is 4.66. The molecule has 0 N–H and O–H groups in total. The molecule has 0 unspecified atom stereocenters. The zero-order chi connectivity index (χ0) is 13.1. The van der Waals surface area contributed by atoms with E-state index in [1.165, 1.54) is 0 Å². The predicted octanol–water partition coefficient (Wildman–Crippen LogP) is 3.39. The summed E-state index contributed by atoms with van der Waals surface area (Å²) < 4.78 is 5.77. The van der Waals surface area contributed by atoms with Crippen molar-refractivity contribution in [2.45, 2.75) is 20.0 Å². The van der Waals surface area contributed by atoms with Crippen LogP contribution >= 0.6 is 38.9 Å². The van der Waals surface area contributed by atoms with Crippen LogP contribution in [0.5, 0.6) is 0 Å². The molecule has 2 heterocycles. The second-order valence-corrected chi connectivity index (χ2v) is 5.78. The van der Waals surface area contributed by atoms with Crippen LogP contribution < -0.4 is 0 Å². The van der Waals surface area contributed by atoms with Gasteiger partial charge in [0.15, 0.2) is 0 Å². The number of methoxy groups -OCH3 is 1. The molecule has 2 aromatic heterocycles. The highest BCUT2D eigenvalue weighted by Gasteiger charge is 2.12. The summed E-state index contributed by atoms with van der Waals surface area (Å²) >= 11 is 11.0. The van der Waals surface area contributed by atoms with Gasteiger partial charge in [-0.2, -0.15) is 0 Å². The van der Waals surface area contributed by atoms with Crippen molar-refractivity contribution in [3.8, 4) is 0 Å². The molecule has 18 heavy (non-hydrogen) atoms. The van der Waals surface area contributed by atoms with Gasteiger partial charge >= 0.3 is 0 Å². The Labute approximate surface area is 123 Å². The smallest absolute Gasteiger partial charge is 0.147 e. The molecule has 2 rings (SSSR count). The van der Waals surface area contributed by atoms with E-state index in [0.29, 0.717) is 28.5 Å². The van der Waals surface area contributed by atoms with Gasteiger partial charge in [0.1, 0.15) is 16.0 Å². The zero-order valence-electron chi connectivity index (χ0n) is 9.91. The standard InChI is InChI=1S/C11H11BrClN3OS/c1-6-5-18-9(14-6)3-8-15-7(4-17-2)10(12)11(13)16-8/h5H,3-4H2,1-2H3. The van der Waals surface area contributed by atoms with E-state index in [-0.39, 0.29) is 0 Å². The number of nitrogens with zero attached hydrogens (tertiary/aromatic N) is 3. The number of ether oxygens (including phenoxy) is 1. The van der Waals surface area contributed by atoms with E-state index in [4.69, 9.17) is 16.3 Å². The summed E-state index contributed by atoms with van der Waals surface area (Å²) in [5, 5.41) is 3.39. The first-order valence-electron chi connectivity index (χ1n) is 5.21. The monoisotopic (exact) mass is 347 g/mol. The van der Waals surface area contributed by atoms with Crippen molar-refractivity contribution in [1.82, 2.24) is 15.0 Å². The van der Waals surface area contributed by atoms with Crippen molar-refractivity contribution in [2.75, 3.05) is 7.11 Å². The first-order chi connectivity index (χ1) is 8.60. The minimum Gasteiger partial charge on any atom is -0.378 e. The van der Waals surface area contributed by atoms with Crippen LogP contribution in [0.15, 0.2) is 9.85 Å². The molecular formula is C11H11BrClN3OS. The molecule has 0 spiro atoms. The average Bonchev–Trinajstić information content (AvgIpc) is 2.71. The number of hydrogen-bond acceptors (Lipinski definition) is 5. The predicted molar refractivity (Wildman–Crippen MR) is 75.1 cm³/mol. The molecule has 96 valence electrons. The summed E-state index contributed by atoms with van der Waals surface area (Å²) in [4.78, 5) is 13.1. The van der Waals surface area contributed by atoms with E-state index in [1.807, 2.05) is 12.3 Å². The second-order valence-electron chi connectivity index (χ2n) is 3.68. The van der Waals surface area contributed by atoms with E-state index < -0.39 is 0 Å². The fourth-order valence-electron chi connectivity index (χ4n) is 1.44. The Morgan fingerprint density at radius 1 is 1.39 bits per heavy atom. The summed E-state index contributed by atoms with van der Waals surface area (Å²) in [5.41, 5.74) is 1.76. The molecule has 0 aliphatic heterocycles. The molecule has 0 fully saturated rings. The van der Waals surface area contributed by atoms with Gasteiger partial charge in [-0.15, -0.1) is 11.3 Å². The Morgan fingerprint density at radius 2 is 2.17 bits per heavy atom. The lowest BCUT2D eigenvalue weighted by Crippen LogP contribution is -2.03. The van der Waals surface area contributed by atoms with Crippen molar-refractivity contribution in [1.29, 1.82) is 0 Å². The first-order valence-corrected chi connectivity index (χ1v) is 7.26. The van der Waals surface area contributed by atoms with Crippen LogP contribution in [-0.2, 0) is 17.8 Å². The fourth-order valence-corrected chi connectivity index (χ4v) is 2.71. The third-order valence-corrected chi connectivity index (χ3v) is 4.48. The summed E-state index contributed by atoms with van der Waals surface area (Å²) in [6.45, 7) is 2.36. The van der Waals surface area contributed by atoms with Gasteiger partial charge in [0.25, 0.3) is 0 Å². The van der Waals surface area contributed by atoms with E-state index in [0.717, 1.165) is 16.4 Å². The van der Waals surface area contributed by atoms with E-state index in [9.17, 15) is 0 Å². The average molecular weight is 349 g/mol. The summed E-state index contributed by atoms with van der Waals surface area (Å²) in [6, 6.07) is 0. The molecule has 7 heteroatoms. The number of aryl methyl sites for hydroxylation is 1. The van der Waals surface area contributed by atoms with Crippen LogP contribution in [0.2, 0.25) is 5.15 Å². The van der Waals surface area contributed by atoms with Gasteiger partial charge in [-0.3, -0.25) is 0 Å². The highest BCUT2D eigenvalue weighted by atomic mass is 79.9. The molecule has 0 aliphatic rings. The molecule has 0 aromatic carbocycles. The Hall–Kier alpha value is -0.560. The summed E-state index contributed by atoms with van der Waals surface area (Å²) in [6.07, 6.45) is 0.586. The normalized spacial score (nSPS) is 10.9. The van der Waals surface area contributed by atoms with Crippen LogP contribution in [0, 0.1) is 6.92 Å². The maximum Gasteiger partial charge on any atom is 0.147 e. The SMILES string of the molecule is COCc1nc(Cc2nc(C)cs2)nc(Cl)c1Br. The van der Waals surface area contributed by atoms with Crippen molar-refractivity contribution in [2.24, 2.45) is 0 Å². The largest absolute Gasteiger partial charge is 0.378 e. The van der Waals surface area contributed by atoms with Gasteiger partial charge in [-0.1, -0.05) is 11.6 Å².